The minimum Gasteiger partial charge on any atom is -0.321 e. The number of carbonyl (C=O) groups is 1. The van der Waals surface area contributed by atoms with E-state index in [9.17, 15) is 4.79 Å². The molecular formula is C14H12BrNOS2. The van der Waals surface area contributed by atoms with Gasteiger partial charge in [0.25, 0.3) is 5.91 Å². The quantitative estimate of drug-likeness (QED) is 0.797. The van der Waals surface area contributed by atoms with E-state index < -0.39 is 0 Å². The fourth-order valence-corrected chi connectivity index (χ4v) is 4.60. The van der Waals surface area contributed by atoms with Crippen molar-refractivity contribution < 1.29 is 4.79 Å². The predicted molar refractivity (Wildman–Crippen MR) is 84.7 cm³/mol. The summed E-state index contributed by atoms with van der Waals surface area (Å²) in [5, 5.41) is 2.24. The second kappa shape index (κ2) is 5.69. The van der Waals surface area contributed by atoms with Crippen LogP contribution >= 0.6 is 39.0 Å². The Morgan fingerprint density at radius 1 is 1.26 bits per heavy atom. The molecule has 1 aliphatic rings. The van der Waals surface area contributed by atoms with Gasteiger partial charge in [-0.2, -0.15) is 0 Å². The van der Waals surface area contributed by atoms with Gasteiger partial charge < -0.3 is 4.90 Å². The molecule has 2 aromatic rings. The molecule has 1 atom stereocenters. The highest BCUT2D eigenvalue weighted by molar-refractivity contribution is 9.10. The molecular weight excluding hydrogens is 342 g/mol. The van der Waals surface area contributed by atoms with Crippen LogP contribution in [-0.2, 0) is 0 Å². The number of nitrogens with zero attached hydrogens (tertiary/aromatic N) is 1. The predicted octanol–water partition coefficient (Wildman–Crippen LogP) is 4.40. The maximum atomic E-state index is 12.6. The van der Waals surface area contributed by atoms with Crippen molar-refractivity contribution in [3.8, 4) is 0 Å². The zero-order chi connectivity index (χ0) is 13.2. The third-order valence-corrected chi connectivity index (χ3v) is 5.87. The topological polar surface area (TPSA) is 20.3 Å². The first-order valence-corrected chi connectivity index (χ1v) is 8.69. The van der Waals surface area contributed by atoms with Gasteiger partial charge >= 0.3 is 0 Å². The number of rotatable bonds is 2. The monoisotopic (exact) mass is 353 g/mol. The summed E-state index contributed by atoms with van der Waals surface area (Å²) in [4.78, 5) is 15.8. The van der Waals surface area contributed by atoms with E-state index in [0.29, 0.717) is 0 Å². The maximum Gasteiger partial charge on any atom is 0.255 e. The molecule has 2 nitrogen and oxygen atoms in total. The third kappa shape index (κ3) is 2.73. The number of hydrogen-bond acceptors (Lipinski definition) is 3. The Kier molecular flexibility index (Phi) is 3.96. The fourth-order valence-electron chi connectivity index (χ4n) is 2.10. The van der Waals surface area contributed by atoms with E-state index in [1.807, 2.05) is 47.0 Å². The molecule has 5 heteroatoms. The van der Waals surface area contributed by atoms with Crippen LogP contribution in [0.4, 0.5) is 0 Å². The Bertz CT molecular complexity index is 568. The third-order valence-electron chi connectivity index (χ3n) is 3.03. The highest BCUT2D eigenvalue weighted by Crippen LogP contribution is 2.40. The van der Waals surface area contributed by atoms with Crippen LogP contribution < -0.4 is 0 Å². The Balaban J connectivity index is 1.84. The van der Waals surface area contributed by atoms with Gasteiger partial charge in [0.2, 0.25) is 0 Å². The Morgan fingerprint density at radius 3 is 2.74 bits per heavy atom. The van der Waals surface area contributed by atoms with Crippen molar-refractivity contribution in [1.82, 2.24) is 4.90 Å². The van der Waals surface area contributed by atoms with Crippen LogP contribution in [0.25, 0.3) is 0 Å². The van der Waals surface area contributed by atoms with Crippen molar-refractivity contribution >= 4 is 44.9 Å². The minimum absolute atomic E-state index is 0.121. The van der Waals surface area contributed by atoms with Crippen LogP contribution in [0.1, 0.15) is 20.6 Å². The maximum absolute atomic E-state index is 12.6. The van der Waals surface area contributed by atoms with Gasteiger partial charge in [-0.15, -0.1) is 23.1 Å². The molecule has 98 valence electrons. The summed E-state index contributed by atoms with van der Waals surface area (Å²) in [5.41, 5.74) is 0.757. The zero-order valence-electron chi connectivity index (χ0n) is 10.1. The number of thiophene rings is 1. The molecule has 3 rings (SSSR count). The van der Waals surface area contributed by atoms with E-state index in [-0.39, 0.29) is 11.3 Å². The van der Waals surface area contributed by atoms with E-state index in [2.05, 4.69) is 27.4 Å². The van der Waals surface area contributed by atoms with Gasteiger partial charge in [-0.05, 0) is 35.7 Å². The van der Waals surface area contributed by atoms with E-state index in [0.717, 1.165) is 22.3 Å². The lowest BCUT2D eigenvalue weighted by Crippen LogP contribution is -2.30. The highest BCUT2D eigenvalue weighted by atomic mass is 79.9. The summed E-state index contributed by atoms with van der Waals surface area (Å²) in [7, 11) is 0. The Labute approximate surface area is 128 Å². The van der Waals surface area contributed by atoms with E-state index in [4.69, 9.17) is 0 Å². The van der Waals surface area contributed by atoms with Crippen molar-refractivity contribution in [1.29, 1.82) is 0 Å². The molecule has 1 aromatic heterocycles. The second-order valence-corrected chi connectivity index (χ2v) is 7.33. The van der Waals surface area contributed by atoms with Gasteiger partial charge in [0.15, 0.2) is 0 Å². The average molecular weight is 354 g/mol. The van der Waals surface area contributed by atoms with Crippen molar-refractivity contribution in [3.05, 3.63) is 56.7 Å². The molecule has 0 saturated carbocycles. The van der Waals surface area contributed by atoms with Crippen LogP contribution in [0, 0.1) is 0 Å². The number of amides is 1. The molecule has 1 aromatic carbocycles. The lowest BCUT2D eigenvalue weighted by molar-refractivity contribution is 0.0762. The standard InChI is InChI=1S/C14H12BrNOS2/c15-11-5-3-10(4-6-11)13(17)16-7-9-19-14(16)12-2-1-8-18-12/h1-6,8,14H,7,9H2. The highest BCUT2D eigenvalue weighted by Gasteiger charge is 2.31. The SMILES string of the molecule is O=C(c1ccc(Br)cc1)N1CCSC1c1cccs1. The summed E-state index contributed by atoms with van der Waals surface area (Å²) in [6.07, 6.45) is 0. The number of benzene rings is 1. The first-order chi connectivity index (χ1) is 9.25. The lowest BCUT2D eigenvalue weighted by atomic mass is 10.2. The number of carbonyl (C=O) groups excluding carboxylic acids is 1. The summed E-state index contributed by atoms with van der Waals surface area (Å²) in [6, 6.07) is 11.7. The largest absolute Gasteiger partial charge is 0.321 e. The van der Waals surface area contributed by atoms with Crippen molar-refractivity contribution in [2.45, 2.75) is 5.37 Å². The number of thioether (sulfide) groups is 1. The average Bonchev–Trinajstić information content (AvgIpc) is 3.09. The van der Waals surface area contributed by atoms with E-state index in [1.165, 1.54) is 4.88 Å². The molecule has 1 amide bonds. The van der Waals surface area contributed by atoms with Gasteiger partial charge in [-0.3, -0.25) is 4.79 Å². The van der Waals surface area contributed by atoms with Crippen LogP contribution in [0.2, 0.25) is 0 Å². The molecule has 0 N–H and O–H groups in total. The summed E-state index contributed by atoms with van der Waals surface area (Å²) < 4.78 is 0.995. The molecule has 1 unspecified atom stereocenters. The Morgan fingerprint density at radius 2 is 2.05 bits per heavy atom. The van der Waals surface area contributed by atoms with Gasteiger partial charge in [0.05, 0.1) is 0 Å². The molecule has 0 aliphatic carbocycles. The molecule has 19 heavy (non-hydrogen) atoms. The van der Waals surface area contributed by atoms with Gasteiger partial charge in [0.1, 0.15) is 5.37 Å². The van der Waals surface area contributed by atoms with Crippen molar-refractivity contribution in [3.63, 3.8) is 0 Å². The number of hydrogen-bond donors (Lipinski definition) is 0. The lowest BCUT2D eigenvalue weighted by Gasteiger charge is -2.23. The summed E-state index contributed by atoms with van der Waals surface area (Å²) in [5.74, 6) is 1.13. The van der Waals surface area contributed by atoms with Crippen molar-refractivity contribution in [2.24, 2.45) is 0 Å². The molecule has 1 aliphatic heterocycles. The van der Waals surface area contributed by atoms with E-state index >= 15 is 0 Å². The fraction of sp³-hybridized carbons (Fsp3) is 0.214. The van der Waals surface area contributed by atoms with Crippen LogP contribution in [0.5, 0.6) is 0 Å². The van der Waals surface area contributed by atoms with Crippen LogP contribution in [0.15, 0.2) is 46.3 Å². The molecule has 1 saturated heterocycles. The summed E-state index contributed by atoms with van der Waals surface area (Å²) >= 11 is 6.95. The number of halogens is 1. The summed E-state index contributed by atoms with van der Waals surface area (Å²) in [6.45, 7) is 0.822. The molecule has 2 heterocycles. The van der Waals surface area contributed by atoms with Gasteiger partial charge in [-0.1, -0.05) is 22.0 Å². The first-order valence-electron chi connectivity index (χ1n) is 5.97. The van der Waals surface area contributed by atoms with Gasteiger partial charge in [-0.25, -0.2) is 0 Å². The normalized spacial score (nSPS) is 18.8. The van der Waals surface area contributed by atoms with Crippen LogP contribution in [0.3, 0.4) is 0 Å². The first kappa shape index (κ1) is 13.2. The van der Waals surface area contributed by atoms with Gasteiger partial charge in [0, 0.05) is 27.2 Å². The zero-order valence-corrected chi connectivity index (χ0v) is 13.3. The molecule has 1 fully saturated rings. The molecule has 0 spiro atoms. The Hall–Kier alpha value is -0.780. The second-order valence-electron chi connectivity index (χ2n) is 4.24. The van der Waals surface area contributed by atoms with E-state index in [1.54, 1.807) is 11.3 Å². The van der Waals surface area contributed by atoms with Crippen molar-refractivity contribution in [2.75, 3.05) is 12.3 Å². The molecule has 0 bridgehead atoms. The molecule has 0 radical (unpaired) electrons. The smallest absolute Gasteiger partial charge is 0.255 e. The van der Waals surface area contributed by atoms with Crippen LogP contribution in [-0.4, -0.2) is 23.1 Å². The minimum atomic E-state index is 0.121.